The highest BCUT2D eigenvalue weighted by Gasteiger charge is 2.03. The van der Waals surface area contributed by atoms with Crippen LogP contribution >= 0.6 is 24.8 Å². The highest BCUT2D eigenvalue weighted by atomic mass is 35.5. The molecule has 0 saturated heterocycles. The largest absolute Gasteiger partial charge is 0.384 e. The van der Waals surface area contributed by atoms with E-state index in [0.29, 0.717) is 6.54 Å². The minimum absolute atomic E-state index is 0. The Morgan fingerprint density at radius 2 is 1.95 bits per heavy atom. The minimum Gasteiger partial charge on any atom is -0.384 e. The van der Waals surface area contributed by atoms with Crippen LogP contribution in [0.2, 0.25) is 0 Å². The zero-order valence-corrected chi connectivity index (χ0v) is 12.5. The van der Waals surface area contributed by atoms with E-state index in [9.17, 15) is 0 Å². The first-order chi connectivity index (χ1) is 8.06. The summed E-state index contributed by atoms with van der Waals surface area (Å²) in [6, 6.07) is 9.75. The summed E-state index contributed by atoms with van der Waals surface area (Å²) >= 11 is 0. The number of amidine groups is 1. The zero-order valence-electron chi connectivity index (χ0n) is 10.9. The molecule has 3 N–H and O–H groups in total. The van der Waals surface area contributed by atoms with Crippen molar-refractivity contribution in [1.29, 1.82) is 5.41 Å². The van der Waals surface area contributed by atoms with Crippen LogP contribution in [0.5, 0.6) is 0 Å². The molecule has 0 spiro atoms. The molecule has 0 atom stereocenters. The normalized spacial score (nSPS) is 9.37. The number of benzene rings is 1. The SMILES string of the molecule is Cc1cc(C)n(Cc2cccc(C(=N)N)c2)n1.Cl.Cl. The number of rotatable bonds is 3. The van der Waals surface area contributed by atoms with Crippen LogP contribution in [0.4, 0.5) is 0 Å². The van der Waals surface area contributed by atoms with Gasteiger partial charge >= 0.3 is 0 Å². The van der Waals surface area contributed by atoms with Gasteiger partial charge in [-0.05, 0) is 31.5 Å². The predicted octanol–water partition coefficient (Wildman–Crippen LogP) is 2.68. The monoisotopic (exact) mass is 300 g/mol. The van der Waals surface area contributed by atoms with Crippen molar-refractivity contribution in [3.63, 3.8) is 0 Å². The summed E-state index contributed by atoms with van der Waals surface area (Å²) in [6.45, 7) is 4.73. The van der Waals surface area contributed by atoms with Gasteiger partial charge in [0.15, 0.2) is 0 Å². The molecule has 1 heterocycles. The Bertz CT molecular complexity index is 564. The van der Waals surface area contributed by atoms with E-state index in [-0.39, 0.29) is 30.6 Å². The fourth-order valence-electron chi connectivity index (χ4n) is 1.85. The van der Waals surface area contributed by atoms with Crippen molar-refractivity contribution in [1.82, 2.24) is 9.78 Å². The van der Waals surface area contributed by atoms with Gasteiger partial charge in [-0.3, -0.25) is 10.1 Å². The fraction of sp³-hybridized carbons (Fsp3) is 0.231. The molecule has 2 aromatic rings. The van der Waals surface area contributed by atoms with E-state index in [2.05, 4.69) is 11.2 Å². The summed E-state index contributed by atoms with van der Waals surface area (Å²) in [4.78, 5) is 0. The van der Waals surface area contributed by atoms with Crippen molar-refractivity contribution >= 4 is 30.6 Å². The Kier molecular flexibility index (Phi) is 6.59. The summed E-state index contributed by atoms with van der Waals surface area (Å²) in [5.74, 6) is 0.0974. The van der Waals surface area contributed by atoms with Crippen molar-refractivity contribution in [3.8, 4) is 0 Å². The maximum atomic E-state index is 7.41. The molecule has 2 rings (SSSR count). The first kappa shape index (κ1) is 17.5. The van der Waals surface area contributed by atoms with Gasteiger partial charge in [0.05, 0.1) is 12.2 Å². The summed E-state index contributed by atoms with van der Waals surface area (Å²) in [6.07, 6.45) is 0. The molecule has 1 aromatic carbocycles. The lowest BCUT2D eigenvalue weighted by Crippen LogP contribution is -2.12. The molecule has 0 radical (unpaired) electrons. The molecule has 19 heavy (non-hydrogen) atoms. The number of aryl methyl sites for hydroxylation is 2. The molecule has 0 aliphatic rings. The second-order valence-electron chi connectivity index (χ2n) is 4.20. The standard InChI is InChI=1S/C13H16N4.2ClH/c1-9-6-10(2)17(16-9)8-11-4-3-5-12(7-11)13(14)15;;/h3-7H,8H2,1-2H3,(H3,14,15);2*1H. The smallest absolute Gasteiger partial charge is 0.122 e. The van der Waals surface area contributed by atoms with Gasteiger partial charge < -0.3 is 5.73 Å². The van der Waals surface area contributed by atoms with Crippen molar-refractivity contribution in [2.75, 3.05) is 0 Å². The Balaban J connectivity index is 0.00000162. The van der Waals surface area contributed by atoms with Crippen LogP contribution in [0.3, 0.4) is 0 Å². The first-order valence-electron chi connectivity index (χ1n) is 5.50. The third kappa shape index (κ3) is 4.26. The van der Waals surface area contributed by atoms with E-state index < -0.39 is 0 Å². The Morgan fingerprint density at radius 3 is 2.47 bits per heavy atom. The van der Waals surface area contributed by atoms with Crippen LogP contribution in [0.15, 0.2) is 30.3 Å². The van der Waals surface area contributed by atoms with Crippen molar-refractivity contribution < 1.29 is 0 Å². The molecule has 104 valence electrons. The van der Waals surface area contributed by atoms with Gasteiger partial charge in [0.25, 0.3) is 0 Å². The molecule has 4 nitrogen and oxygen atoms in total. The first-order valence-corrected chi connectivity index (χ1v) is 5.50. The molecule has 1 aromatic heterocycles. The molecule has 0 bridgehead atoms. The maximum Gasteiger partial charge on any atom is 0.122 e. The number of nitrogens with two attached hydrogens (primary N) is 1. The van der Waals surface area contributed by atoms with Crippen molar-refractivity contribution in [2.45, 2.75) is 20.4 Å². The van der Waals surface area contributed by atoms with Crippen LogP contribution in [-0.2, 0) is 6.54 Å². The lowest BCUT2D eigenvalue weighted by Gasteiger charge is -2.06. The molecule has 6 heteroatoms. The fourth-order valence-corrected chi connectivity index (χ4v) is 1.85. The van der Waals surface area contributed by atoms with E-state index >= 15 is 0 Å². The molecule has 0 unspecified atom stereocenters. The van der Waals surface area contributed by atoms with Crippen LogP contribution in [0.25, 0.3) is 0 Å². The lowest BCUT2D eigenvalue weighted by molar-refractivity contribution is 0.659. The van der Waals surface area contributed by atoms with Gasteiger partial charge in [-0.15, -0.1) is 24.8 Å². The number of nitrogens with zero attached hydrogens (tertiary/aromatic N) is 2. The Hall–Kier alpha value is -1.52. The average molecular weight is 301 g/mol. The van der Waals surface area contributed by atoms with Gasteiger partial charge in [-0.2, -0.15) is 5.10 Å². The predicted molar refractivity (Wildman–Crippen MR) is 82.8 cm³/mol. The van der Waals surface area contributed by atoms with Gasteiger partial charge in [0, 0.05) is 11.3 Å². The van der Waals surface area contributed by atoms with Gasteiger partial charge in [0.2, 0.25) is 0 Å². The van der Waals surface area contributed by atoms with Crippen LogP contribution in [0.1, 0.15) is 22.5 Å². The summed E-state index contributed by atoms with van der Waals surface area (Å²) in [5, 5.41) is 11.8. The van der Waals surface area contributed by atoms with E-state index in [0.717, 1.165) is 22.5 Å². The van der Waals surface area contributed by atoms with E-state index in [1.54, 1.807) is 0 Å². The second kappa shape index (κ2) is 7.16. The molecule has 0 saturated carbocycles. The molecule has 0 aliphatic carbocycles. The Labute approximate surface area is 125 Å². The lowest BCUT2D eigenvalue weighted by atomic mass is 10.1. The number of halogens is 2. The molecular weight excluding hydrogens is 283 g/mol. The maximum absolute atomic E-state index is 7.41. The highest BCUT2D eigenvalue weighted by molar-refractivity contribution is 5.95. The summed E-state index contributed by atoms with van der Waals surface area (Å²) < 4.78 is 1.95. The van der Waals surface area contributed by atoms with Crippen LogP contribution < -0.4 is 5.73 Å². The summed E-state index contributed by atoms with van der Waals surface area (Å²) in [7, 11) is 0. The van der Waals surface area contributed by atoms with Crippen LogP contribution in [0, 0.1) is 19.3 Å². The van der Waals surface area contributed by atoms with Gasteiger partial charge in [-0.1, -0.05) is 18.2 Å². The van der Waals surface area contributed by atoms with Crippen LogP contribution in [-0.4, -0.2) is 15.6 Å². The minimum atomic E-state index is 0. The third-order valence-electron chi connectivity index (χ3n) is 2.67. The number of hydrogen-bond donors (Lipinski definition) is 2. The zero-order chi connectivity index (χ0) is 12.4. The molecule has 0 amide bonds. The van der Waals surface area contributed by atoms with Crippen molar-refractivity contribution in [3.05, 3.63) is 52.8 Å². The topological polar surface area (TPSA) is 67.7 Å². The third-order valence-corrected chi connectivity index (χ3v) is 2.67. The van der Waals surface area contributed by atoms with Gasteiger partial charge in [-0.25, -0.2) is 0 Å². The number of nitrogens with one attached hydrogen (secondary N) is 1. The average Bonchev–Trinajstić information content (AvgIpc) is 2.58. The van der Waals surface area contributed by atoms with Crippen molar-refractivity contribution in [2.24, 2.45) is 5.73 Å². The quantitative estimate of drug-likeness (QED) is 0.676. The number of nitrogen functional groups attached to an aromatic ring is 1. The second-order valence-corrected chi connectivity index (χ2v) is 4.20. The number of aromatic nitrogens is 2. The molecule has 0 fully saturated rings. The highest BCUT2D eigenvalue weighted by Crippen LogP contribution is 2.09. The molecular formula is C13H18Cl2N4. The summed E-state index contributed by atoms with van der Waals surface area (Å²) in [5.41, 5.74) is 9.48. The Morgan fingerprint density at radius 1 is 1.26 bits per heavy atom. The van der Waals surface area contributed by atoms with E-state index in [1.807, 2.05) is 42.8 Å². The number of hydrogen-bond acceptors (Lipinski definition) is 2. The van der Waals surface area contributed by atoms with Gasteiger partial charge in [0.1, 0.15) is 5.84 Å². The van der Waals surface area contributed by atoms with E-state index in [4.69, 9.17) is 11.1 Å². The molecule has 0 aliphatic heterocycles. The van der Waals surface area contributed by atoms with E-state index in [1.165, 1.54) is 0 Å².